The molecule has 0 spiro atoms. The third kappa shape index (κ3) is 3.12. The van der Waals surface area contributed by atoms with Crippen molar-refractivity contribution in [2.24, 2.45) is 5.73 Å². The average molecular weight is 294 g/mol. The molecule has 1 atom stereocenters. The number of hydrogen-bond acceptors (Lipinski definition) is 6. The van der Waals surface area contributed by atoms with Gasteiger partial charge >= 0.3 is 0 Å². The van der Waals surface area contributed by atoms with Gasteiger partial charge in [-0.05, 0) is 19.9 Å². The summed E-state index contributed by atoms with van der Waals surface area (Å²) in [4.78, 5) is 6.90. The van der Waals surface area contributed by atoms with Crippen molar-refractivity contribution in [2.45, 2.75) is 50.0 Å². The van der Waals surface area contributed by atoms with Gasteiger partial charge < -0.3 is 19.9 Å². The van der Waals surface area contributed by atoms with Crippen molar-refractivity contribution in [1.29, 1.82) is 0 Å². The smallest absolute Gasteiger partial charge is 0.234 e. The molecule has 1 saturated carbocycles. The van der Waals surface area contributed by atoms with Gasteiger partial charge in [-0.3, -0.25) is 0 Å². The summed E-state index contributed by atoms with van der Waals surface area (Å²) in [6.07, 6.45) is 6.96. The molecule has 6 nitrogen and oxygen atoms in total. The highest BCUT2D eigenvalue weighted by molar-refractivity contribution is 5.08. The summed E-state index contributed by atoms with van der Waals surface area (Å²) in [5.74, 6) is 1.40. The van der Waals surface area contributed by atoms with E-state index in [4.69, 9.17) is 15.0 Å². The molecule has 2 N–H and O–H groups in total. The van der Waals surface area contributed by atoms with Crippen LogP contribution in [0.5, 0.6) is 0 Å². The van der Waals surface area contributed by atoms with Crippen LogP contribution in [0.2, 0.25) is 0 Å². The van der Waals surface area contributed by atoms with E-state index >= 15 is 0 Å². The fourth-order valence-corrected chi connectivity index (χ4v) is 3.43. The number of nitrogens with zero attached hydrogens (tertiary/aromatic N) is 3. The first kappa shape index (κ1) is 14.9. The Kier molecular flexibility index (Phi) is 4.57. The van der Waals surface area contributed by atoms with Gasteiger partial charge in [-0.1, -0.05) is 30.8 Å². The Morgan fingerprint density at radius 3 is 2.71 bits per heavy atom. The van der Waals surface area contributed by atoms with Gasteiger partial charge in [-0.25, -0.2) is 0 Å². The molecule has 0 amide bonds. The van der Waals surface area contributed by atoms with E-state index in [0.717, 1.165) is 31.8 Å². The van der Waals surface area contributed by atoms with Gasteiger partial charge in [0.1, 0.15) is 6.10 Å². The molecule has 2 fully saturated rings. The Morgan fingerprint density at radius 1 is 1.29 bits per heavy atom. The third-order valence-electron chi connectivity index (χ3n) is 4.90. The van der Waals surface area contributed by atoms with Gasteiger partial charge in [0.05, 0.1) is 12.0 Å². The predicted octanol–water partition coefficient (Wildman–Crippen LogP) is 1.62. The Hall–Kier alpha value is -0.980. The number of morpholine rings is 1. The summed E-state index contributed by atoms with van der Waals surface area (Å²) in [5, 5.41) is 4.18. The molecule has 1 unspecified atom stereocenters. The van der Waals surface area contributed by atoms with Crippen LogP contribution < -0.4 is 5.73 Å². The molecule has 0 bridgehead atoms. The van der Waals surface area contributed by atoms with Crippen molar-refractivity contribution < 1.29 is 9.26 Å². The molecule has 1 aliphatic heterocycles. The zero-order valence-electron chi connectivity index (χ0n) is 12.9. The van der Waals surface area contributed by atoms with E-state index in [1.807, 2.05) is 0 Å². The minimum Gasteiger partial charge on any atom is -0.367 e. The first-order valence-electron chi connectivity index (χ1n) is 8.08. The van der Waals surface area contributed by atoms with Gasteiger partial charge in [0, 0.05) is 19.6 Å². The van der Waals surface area contributed by atoms with E-state index < -0.39 is 0 Å². The van der Waals surface area contributed by atoms with Crippen molar-refractivity contribution in [1.82, 2.24) is 15.0 Å². The fraction of sp³-hybridized carbons (Fsp3) is 0.867. The molecular weight excluding hydrogens is 268 g/mol. The second-order valence-corrected chi connectivity index (χ2v) is 6.48. The highest BCUT2D eigenvalue weighted by atomic mass is 16.5. The molecule has 2 aliphatic rings. The van der Waals surface area contributed by atoms with Crippen LogP contribution in [0.15, 0.2) is 4.52 Å². The van der Waals surface area contributed by atoms with Crippen molar-refractivity contribution in [3.63, 3.8) is 0 Å². The lowest BCUT2D eigenvalue weighted by molar-refractivity contribution is -0.0264. The Labute approximate surface area is 126 Å². The lowest BCUT2D eigenvalue weighted by Gasteiger charge is -2.28. The lowest BCUT2D eigenvalue weighted by Crippen LogP contribution is -2.36. The maximum Gasteiger partial charge on any atom is 0.234 e. The van der Waals surface area contributed by atoms with Crippen molar-refractivity contribution in [3.05, 3.63) is 11.7 Å². The van der Waals surface area contributed by atoms with Crippen LogP contribution >= 0.6 is 0 Å². The topological polar surface area (TPSA) is 77.4 Å². The van der Waals surface area contributed by atoms with Gasteiger partial charge in [0.2, 0.25) is 11.7 Å². The quantitative estimate of drug-likeness (QED) is 0.854. The fourth-order valence-electron chi connectivity index (χ4n) is 3.43. The second-order valence-electron chi connectivity index (χ2n) is 6.48. The van der Waals surface area contributed by atoms with Crippen LogP contribution in [-0.4, -0.2) is 48.3 Å². The molecule has 3 rings (SSSR count). The third-order valence-corrected chi connectivity index (χ3v) is 4.90. The van der Waals surface area contributed by atoms with Crippen molar-refractivity contribution >= 4 is 0 Å². The number of rotatable bonds is 3. The first-order chi connectivity index (χ1) is 10.2. The second kappa shape index (κ2) is 6.42. The summed E-state index contributed by atoms with van der Waals surface area (Å²) in [7, 11) is 2.09. The average Bonchev–Trinajstić information content (AvgIpc) is 2.87. The van der Waals surface area contributed by atoms with Gasteiger partial charge in [-0.2, -0.15) is 4.98 Å². The molecule has 0 aromatic carbocycles. The summed E-state index contributed by atoms with van der Waals surface area (Å²) < 4.78 is 11.4. The minimum atomic E-state index is -0.123. The molecule has 1 saturated heterocycles. The molecular formula is C15H26N4O2. The Balaban J connectivity index is 1.79. The monoisotopic (exact) mass is 294 g/mol. The highest BCUT2D eigenvalue weighted by Gasteiger charge is 2.38. The van der Waals surface area contributed by atoms with Crippen LogP contribution in [0, 0.1) is 0 Å². The lowest BCUT2D eigenvalue weighted by atomic mass is 9.80. The predicted molar refractivity (Wildman–Crippen MR) is 78.9 cm³/mol. The SMILES string of the molecule is CN1CCOC(c2noc(C3(CN)CCCCCC3)n2)C1. The number of nitrogens with two attached hydrogens (primary N) is 1. The molecule has 1 aromatic heterocycles. The van der Waals surface area contributed by atoms with Crippen LogP contribution in [0.25, 0.3) is 0 Å². The molecule has 1 aromatic rings. The van der Waals surface area contributed by atoms with E-state index in [-0.39, 0.29) is 11.5 Å². The number of ether oxygens (including phenoxy) is 1. The summed E-state index contributed by atoms with van der Waals surface area (Å²) in [6, 6.07) is 0. The molecule has 2 heterocycles. The maximum absolute atomic E-state index is 6.08. The summed E-state index contributed by atoms with van der Waals surface area (Å²) >= 11 is 0. The van der Waals surface area contributed by atoms with Crippen LogP contribution in [0.3, 0.4) is 0 Å². The summed E-state index contributed by atoms with van der Waals surface area (Å²) in [5.41, 5.74) is 5.96. The zero-order valence-corrected chi connectivity index (χ0v) is 12.9. The first-order valence-corrected chi connectivity index (χ1v) is 8.08. The maximum atomic E-state index is 6.08. The van der Waals surface area contributed by atoms with E-state index in [0.29, 0.717) is 19.0 Å². The van der Waals surface area contributed by atoms with Crippen molar-refractivity contribution in [3.8, 4) is 0 Å². The van der Waals surface area contributed by atoms with Gasteiger partial charge in [0.15, 0.2) is 0 Å². The molecule has 118 valence electrons. The molecule has 0 radical (unpaired) electrons. The van der Waals surface area contributed by atoms with Crippen LogP contribution in [0.1, 0.15) is 56.3 Å². The number of aromatic nitrogens is 2. The largest absolute Gasteiger partial charge is 0.367 e. The Bertz CT molecular complexity index is 454. The van der Waals surface area contributed by atoms with E-state index in [9.17, 15) is 0 Å². The minimum absolute atomic E-state index is 0.0816. The van der Waals surface area contributed by atoms with E-state index in [1.165, 1.54) is 25.7 Å². The zero-order chi connectivity index (χ0) is 14.7. The normalized spacial score (nSPS) is 27.4. The van der Waals surface area contributed by atoms with Crippen molar-refractivity contribution in [2.75, 3.05) is 33.3 Å². The van der Waals surface area contributed by atoms with Crippen LogP contribution in [-0.2, 0) is 10.2 Å². The standard InChI is InChI=1S/C15H26N4O2/c1-19-8-9-20-12(10-19)13-17-14(21-18-13)15(11-16)6-4-2-3-5-7-15/h12H,2-11,16H2,1H3. The molecule has 21 heavy (non-hydrogen) atoms. The Morgan fingerprint density at radius 2 is 2.05 bits per heavy atom. The number of likely N-dealkylation sites (N-methyl/N-ethyl adjacent to an activating group) is 1. The highest BCUT2D eigenvalue weighted by Crippen LogP contribution is 2.37. The van der Waals surface area contributed by atoms with E-state index in [1.54, 1.807) is 0 Å². The molecule has 1 aliphatic carbocycles. The number of hydrogen-bond donors (Lipinski definition) is 1. The molecule has 6 heteroatoms. The van der Waals surface area contributed by atoms with Crippen LogP contribution in [0.4, 0.5) is 0 Å². The van der Waals surface area contributed by atoms with Gasteiger partial charge in [-0.15, -0.1) is 0 Å². The van der Waals surface area contributed by atoms with Gasteiger partial charge in [0.25, 0.3) is 0 Å². The summed E-state index contributed by atoms with van der Waals surface area (Å²) in [6.45, 7) is 3.07. The van der Waals surface area contributed by atoms with E-state index in [2.05, 4.69) is 22.1 Å².